The number of nitrogens with zero attached hydrogens (tertiary/aromatic N) is 2. The number of aromatic nitrogens is 2. The summed E-state index contributed by atoms with van der Waals surface area (Å²) in [6.07, 6.45) is -4.66. The minimum atomic E-state index is -4.60. The van der Waals surface area contributed by atoms with E-state index < -0.39 is 24.1 Å². The van der Waals surface area contributed by atoms with Gasteiger partial charge < -0.3 is 4.74 Å². The lowest BCUT2D eigenvalue weighted by Gasteiger charge is -2.16. The van der Waals surface area contributed by atoms with Gasteiger partial charge in [-0.15, -0.1) is 0 Å². The number of ether oxygens (including phenoxy) is 1. The van der Waals surface area contributed by atoms with Crippen molar-refractivity contribution in [2.45, 2.75) is 12.5 Å². The second-order valence-corrected chi connectivity index (χ2v) is 5.14. The summed E-state index contributed by atoms with van der Waals surface area (Å²) in [4.78, 5) is 12.0. The van der Waals surface area contributed by atoms with Crippen LogP contribution in [0.25, 0.3) is 6.08 Å². The van der Waals surface area contributed by atoms with Crippen molar-refractivity contribution in [2.75, 3.05) is 0 Å². The third kappa shape index (κ3) is 4.35. The third-order valence-corrected chi connectivity index (χ3v) is 3.09. The Balaban J connectivity index is 2.14. The van der Waals surface area contributed by atoms with E-state index in [2.05, 4.69) is 9.84 Å². The molecule has 0 unspecified atom stereocenters. The standard InChI is InChI=1S/C15H11ClF4N2O2/c1-22-8-11(16)13(21-22)12(23)6-5-9-3-2-4-10(7-9)24-15(19,20)14(17)18/h2-8,14H,1H3/b6-5+. The van der Waals surface area contributed by atoms with Crippen molar-refractivity contribution in [3.8, 4) is 5.75 Å². The molecule has 4 nitrogen and oxygen atoms in total. The van der Waals surface area contributed by atoms with Gasteiger partial charge in [0.1, 0.15) is 5.75 Å². The Morgan fingerprint density at radius 3 is 2.71 bits per heavy atom. The molecule has 0 radical (unpaired) electrons. The van der Waals surface area contributed by atoms with E-state index >= 15 is 0 Å². The fourth-order valence-corrected chi connectivity index (χ4v) is 2.03. The summed E-state index contributed by atoms with van der Waals surface area (Å²) < 4.78 is 55.3. The molecule has 1 aromatic carbocycles. The molecule has 0 spiro atoms. The molecule has 2 rings (SSSR count). The van der Waals surface area contributed by atoms with Crippen LogP contribution < -0.4 is 4.74 Å². The van der Waals surface area contributed by atoms with Gasteiger partial charge in [-0.05, 0) is 23.8 Å². The van der Waals surface area contributed by atoms with Crippen LogP contribution in [-0.2, 0) is 7.05 Å². The van der Waals surface area contributed by atoms with Crippen molar-refractivity contribution in [2.24, 2.45) is 7.05 Å². The summed E-state index contributed by atoms with van der Waals surface area (Å²) in [5, 5.41) is 4.05. The molecule has 1 aromatic heterocycles. The van der Waals surface area contributed by atoms with Crippen LogP contribution in [0.3, 0.4) is 0 Å². The molecule has 0 atom stereocenters. The number of carbonyl (C=O) groups excluding carboxylic acids is 1. The first-order valence-corrected chi connectivity index (χ1v) is 6.93. The van der Waals surface area contributed by atoms with Crippen LogP contribution in [0.4, 0.5) is 17.6 Å². The van der Waals surface area contributed by atoms with Crippen LogP contribution in [0.2, 0.25) is 5.02 Å². The summed E-state index contributed by atoms with van der Waals surface area (Å²) >= 11 is 5.84. The van der Waals surface area contributed by atoms with E-state index in [9.17, 15) is 22.4 Å². The highest BCUT2D eigenvalue weighted by Crippen LogP contribution is 2.28. The molecule has 24 heavy (non-hydrogen) atoms. The number of allylic oxidation sites excluding steroid dienone is 1. The van der Waals surface area contributed by atoms with Crippen molar-refractivity contribution in [3.63, 3.8) is 0 Å². The molecule has 0 saturated carbocycles. The fourth-order valence-electron chi connectivity index (χ4n) is 1.76. The Labute approximate surface area is 139 Å². The van der Waals surface area contributed by atoms with Crippen molar-refractivity contribution in [1.82, 2.24) is 9.78 Å². The van der Waals surface area contributed by atoms with Crippen LogP contribution in [0.15, 0.2) is 36.5 Å². The number of carbonyl (C=O) groups is 1. The maximum absolute atomic E-state index is 12.9. The smallest absolute Gasteiger partial charge is 0.428 e. The molecule has 0 aliphatic rings. The fraction of sp³-hybridized carbons (Fsp3) is 0.200. The predicted molar refractivity (Wildman–Crippen MR) is 79.6 cm³/mol. The number of ketones is 1. The first-order valence-electron chi connectivity index (χ1n) is 6.55. The van der Waals surface area contributed by atoms with Gasteiger partial charge in [-0.2, -0.15) is 22.7 Å². The number of alkyl halides is 4. The second kappa shape index (κ2) is 7.04. The van der Waals surface area contributed by atoms with E-state index in [4.69, 9.17) is 11.6 Å². The molecule has 128 valence electrons. The zero-order valence-corrected chi connectivity index (χ0v) is 13.0. The van der Waals surface area contributed by atoms with Crippen LogP contribution in [0.1, 0.15) is 16.1 Å². The first-order chi connectivity index (χ1) is 11.2. The summed E-state index contributed by atoms with van der Waals surface area (Å²) in [6, 6.07) is 5.01. The highest BCUT2D eigenvalue weighted by atomic mass is 35.5. The lowest BCUT2D eigenvalue weighted by Crippen LogP contribution is -2.33. The first kappa shape index (κ1) is 18.0. The van der Waals surface area contributed by atoms with Crippen molar-refractivity contribution >= 4 is 23.5 Å². The summed E-state index contributed by atoms with van der Waals surface area (Å²) in [5.74, 6) is -0.949. The molecule has 1 heterocycles. The minimum Gasteiger partial charge on any atom is -0.428 e. The molecule has 0 saturated heterocycles. The lowest BCUT2D eigenvalue weighted by molar-refractivity contribution is -0.253. The van der Waals surface area contributed by atoms with Crippen LogP contribution in [0, 0.1) is 0 Å². The number of rotatable bonds is 6. The van der Waals surface area contributed by atoms with Crippen molar-refractivity contribution < 1.29 is 27.1 Å². The summed E-state index contributed by atoms with van der Waals surface area (Å²) in [6.45, 7) is 0. The van der Waals surface area contributed by atoms with Gasteiger partial charge in [-0.3, -0.25) is 9.48 Å². The normalized spacial score (nSPS) is 12.1. The average Bonchev–Trinajstić information content (AvgIpc) is 2.83. The largest absolute Gasteiger partial charge is 0.461 e. The lowest BCUT2D eigenvalue weighted by atomic mass is 10.1. The van der Waals surface area contributed by atoms with E-state index in [0.29, 0.717) is 5.56 Å². The molecule has 9 heteroatoms. The number of halogens is 5. The van der Waals surface area contributed by atoms with Gasteiger partial charge in [0.15, 0.2) is 5.69 Å². The van der Waals surface area contributed by atoms with Gasteiger partial charge >= 0.3 is 12.5 Å². The Morgan fingerprint density at radius 2 is 2.12 bits per heavy atom. The molecule has 2 aromatic rings. The molecular weight excluding hydrogens is 352 g/mol. The van der Waals surface area contributed by atoms with Crippen molar-refractivity contribution in [1.29, 1.82) is 0 Å². The Bertz CT molecular complexity index is 775. The minimum absolute atomic E-state index is 0.0343. The highest BCUT2D eigenvalue weighted by Gasteiger charge is 2.43. The zero-order chi connectivity index (χ0) is 17.9. The van der Waals surface area contributed by atoms with Gasteiger partial charge in [0.2, 0.25) is 5.78 Å². The maximum atomic E-state index is 12.9. The van der Waals surface area contributed by atoms with E-state index in [-0.39, 0.29) is 10.7 Å². The van der Waals surface area contributed by atoms with Gasteiger partial charge in [-0.25, -0.2) is 0 Å². The van der Waals surface area contributed by atoms with E-state index in [1.165, 1.54) is 29.1 Å². The zero-order valence-electron chi connectivity index (χ0n) is 12.2. The molecular formula is C15H11ClF4N2O2. The second-order valence-electron chi connectivity index (χ2n) is 4.73. The summed E-state index contributed by atoms with van der Waals surface area (Å²) in [7, 11) is 1.59. The molecule has 0 bridgehead atoms. The van der Waals surface area contributed by atoms with E-state index in [1.54, 1.807) is 7.05 Å². The molecule has 0 fully saturated rings. The van der Waals surface area contributed by atoms with Crippen molar-refractivity contribution in [3.05, 3.63) is 52.8 Å². The number of hydrogen-bond acceptors (Lipinski definition) is 3. The predicted octanol–water partition coefficient (Wildman–Crippen LogP) is 4.21. The SMILES string of the molecule is Cn1cc(Cl)c(C(=O)/C=C/c2cccc(OC(F)(F)C(F)F)c2)n1. The Hall–Kier alpha value is -2.35. The third-order valence-electron chi connectivity index (χ3n) is 2.81. The molecule has 0 N–H and O–H groups in total. The quantitative estimate of drug-likeness (QED) is 0.439. The van der Waals surface area contributed by atoms with Gasteiger partial charge in [-0.1, -0.05) is 29.8 Å². The highest BCUT2D eigenvalue weighted by molar-refractivity contribution is 6.34. The number of benzene rings is 1. The number of aryl methyl sites for hydroxylation is 1. The summed E-state index contributed by atoms with van der Waals surface area (Å²) in [5.41, 5.74) is 0.338. The molecule has 0 aliphatic carbocycles. The molecule has 0 aliphatic heterocycles. The Kier molecular flexibility index (Phi) is 5.28. The number of hydrogen-bond donors (Lipinski definition) is 0. The molecule has 0 amide bonds. The van der Waals surface area contributed by atoms with Crippen LogP contribution in [-0.4, -0.2) is 28.1 Å². The monoisotopic (exact) mass is 362 g/mol. The van der Waals surface area contributed by atoms with Gasteiger partial charge in [0.05, 0.1) is 5.02 Å². The van der Waals surface area contributed by atoms with E-state index in [1.807, 2.05) is 0 Å². The van der Waals surface area contributed by atoms with Gasteiger partial charge in [0, 0.05) is 13.2 Å². The van der Waals surface area contributed by atoms with E-state index in [0.717, 1.165) is 18.2 Å². The van der Waals surface area contributed by atoms with Gasteiger partial charge in [0.25, 0.3) is 0 Å². The maximum Gasteiger partial charge on any atom is 0.461 e. The van der Waals surface area contributed by atoms with Crippen LogP contribution >= 0.6 is 11.6 Å². The Morgan fingerprint density at radius 1 is 1.42 bits per heavy atom. The van der Waals surface area contributed by atoms with Crippen LogP contribution in [0.5, 0.6) is 5.75 Å². The topological polar surface area (TPSA) is 44.1 Å². The average molecular weight is 363 g/mol.